The van der Waals surface area contributed by atoms with Crippen molar-refractivity contribution in [1.29, 1.82) is 0 Å². The van der Waals surface area contributed by atoms with Gasteiger partial charge < -0.3 is 11.1 Å². The average molecular weight is 154 g/mol. The summed E-state index contributed by atoms with van der Waals surface area (Å²) >= 11 is 0. The first-order valence-corrected chi connectivity index (χ1v) is 3.31. The number of nitrogens with two attached hydrogens (primary N) is 1. The second-order valence-corrected chi connectivity index (χ2v) is 2.36. The lowest BCUT2D eigenvalue weighted by atomic mass is 10.2. The highest BCUT2D eigenvalue weighted by Crippen LogP contribution is 2.07. The molecule has 0 spiro atoms. The molecule has 0 unspecified atom stereocenters. The molecule has 0 atom stereocenters. The fraction of sp³-hybridized carbons (Fsp3) is 0.125. The molecule has 0 heterocycles. The van der Waals surface area contributed by atoms with Crippen LogP contribution in [0, 0.1) is 6.92 Å². The summed E-state index contributed by atoms with van der Waals surface area (Å²) in [6, 6.07) is 6.89. The van der Waals surface area contributed by atoms with Gasteiger partial charge in [-0.25, -0.2) is 4.79 Å². The molecule has 1 aromatic carbocycles. The number of hydrogen-bond acceptors (Lipinski definition) is 1. The third-order valence-corrected chi connectivity index (χ3v) is 1.32. The molecule has 3 N–H and O–H groups in total. The molecule has 11 heavy (non-hydrogen) atoms. The molecule has 0 saturated heterocycles. The lowest BCUT2D eigenvalue weighted by Crippen LogP contribution is -2.19. The van der Waals surface area contributed by atoms with Crippen molar-refractivity contribution in [2.45, 2.75) is 6.92 Å². The fourth-order valence-electron chi connectivity index (χ4n) is 0.779. The van der Waals surface area contributed by atoms with Crippen molar-refractivity contribution >= 4 is 11.7 Å². The Morgan fingerprint density at radius 1 is 1.45 bits per heavy atom. The molecule has 1 rings (SSSR count). The number of aryl methyl sites for hydroxylation is 1. The Hall–Kier alpha value is -1.51. The van der Waals surface area contributed by atoms with E-state index in [-0.39, 0.29) is 2.85 Å². The van der Waals surface area contributed by atoms with Crippen molar-refractivity contribution in [3.05, 3.63) is 29.8 Å². The van der Waals surface area contributed by atoms with Crippen LogP contribution in [0.5, 0.6) is 0 Å². The van der Waals surface area contributed by atoms with Crippen LogP contribution in [0.2, 0.25) is 0 Å². The van der Waals surface area contributed by atoms with Gasteiger partial charge in [-0.1, -0.05) is 17.7 Å². The van der Waals surface area contributed by atoms with E-state index in [0.29, 0.717) is 0 Å². The topological polar surface area (TPSA) is 55.1 Å². The number of amides is 2. The molecule has 3 heteroatoms. The molecule has 2 amide bonds. The highest BCUT2D eigenvalue weighted by Gasteiger charge is 1.92. The van der Waals surface area contributed by atoms with Gasteiger partial charge in [0.15, 0.2) is 0 Å². The SMILES string of the molecule is Cc1ccc(NC(N)=O)cc1.[HH].[HH]. The number of carbonyl (C=O) groups excluding carboxylic acids is 1. The molecule has 0 saturated carbocycles. The average Bonchev–Trinajstić information content (AvgIpc) is 1.93. The molecule has 0 fully saturated rings. The van der Waals surface area contributed by atoms with Gasteiger partial charge in [0.25, 0.3) is 0 Å². The largest absolute Gasteiger partial charge is 0.351 e. The number of hydrogen-bond donors (Lipinski definition) is 2. The molecule has 0 radical (unpaired) electrons. The number of anilines is 1. The monoisotopic (exact) mass is 154 g/mol. The lowest BCUT2D eigenvalue weighted by Gasteiger charge is -2.00. The van der Waals surface area contributed by atoms with Crippen LogP contribution in [0.15, 0.2) is 24.3 Å². The highest BCUT2D eigenvalue weighted by atomic mass is 16.2. The lowest BCUT2D eigenvalue weighted by molar-refractivity contribution is 0.259. The van der Waals surface area contributed by atoms with Crippen LogP contribution in [0.1, 0.15) is 8.42 Å². The van der Waals surface area contributed by atoms with Crippen molar-refractivity contribution in [2.75, 3.05) is 5.32 Å². The summed E-state index contributed by atoms with van der Waals surface area (Å²) in [7, 11) is 0. The van der Waals surface area contributed by atoms with E-state index in [9.17, 15) is 4.79 Å². The summed E-state index contributed by atoms with van der Waals surface area (Å²) < 4.78 is 0. The van der Waals surface area contributed by atoms with Crippen molar-refractivity contribution in [1.82, 2.24) is 0 Å². The zero-order chi connectivity index (χ0) is 8.27. The van der Waals surface area contributed by atoms with E-state index in [0.717, 1.165) is 11.3 Å². The molecule has 0 bridgehead atoms. The van der Waals surface area contributed by atoms with Gasteiger partial charge in [-0.05, 0) is 19.1 Å². The van der Waals surface area contributed by atoms with Crippen LogP contribution in [0.4, 0.5) is 10.5 Å². The molecule has 3 nitrogen and oxygen atoms in total. The van der Waals surface area contributed by atoms with E-state index < -0.39 is 6.03 Å². The summed E-state index contributed by atoms with van der Waals surface area (Å²) in [5, 5.41) is 2.47. The van der Waals surface area contributed by atoms with Crippen LogP contribution in [0.3, 0.4) is 0 Å². The van der Waals surface area contributed by atoms with Crippen molar-refractivity contribution in [2.24, 2.45) is 5.73 Å². The second kappa shape index (κ2) is 3.05. The third-order valence-electron chi connectivity index (χ3n) is 1.32. The maximum atomic E-state index is 10.4. The molecular weight excluding hydrogens is 140 g/mol. The fourth-order valence-corrected chi connectivity index (χ4v) is 0.779. The van der Waals surface area contributed by atoms with Crippen LogP contribution >= 0.6 is 0 Å². The summed E-state index contributed by atoms with van der Waals surface area (Å²) in [5.41, 5.74) is 6.79. The van der Waals surface area contributed by atoms with E-state index >= 15 is 0 Å². The number of carbonyl (C=O) groups is 1. The number of rotatable bonds is 1. The van der Waals surface area contributed by atoms with Crippen LogP contribution < -0.4 is 11.1 Å². The Morgan fingerprint density at radius 2 is 2.00 bits per heavy atom. The van der Waals surface area contributed by atoms with E-state index in [1.807, 2.05) is 19.1 Å². The smallest absolute Gasteiger partial charge is 0.316 e. The van der Waals surface area contributed by atoms with Crippen molar-refractivity contribution in [3.63, 3.8) is 0 Å². The van der Waals surface area contributed by atoms with Gasteiger partial charge >= 0.3 is 6.03 Å². The van der Waals surface area contributed by atoms with Crippen LogP contribution in [-0.4, -0.2) is 6.03 Å². The molecule has 0 aliphatic rings. The number of primary amides is 1. The minimum Gasteiger partial charge on any atom is -0.351 e. The third kappa shape index (κ3) is 2.29. The first kappa shape index (κ1) is 7.60. The Morgan fingerprint density at radius 3 is 2.45 bits per heavy atom. The van der Waals surface area contributed by atoms with E-state index in [1.165, 1.54) is 0 Å². The maximum Gasteiger partial charge on any atom is 0.316 e. The minimum atomic E-state index is -0.533. The Labute approximate surface area is 68.2 Å². The summed E-state index contributed by atoms with van der Waals surface area (Å²) in [6.07, 6.45) is 0. The van der Waals surface area contributed by atoms with Crippen molar-refractivity contribution < 1.29 is 7.65 Å². The van der Waals surface area contributed by atoms with Gasteiger partial charge in [-0.3, -0.25) is 0 Å². The Bertz CT molecular complexity index is 261. The van der Waals surface area contributed by atoms with Gasteiger partial charge in [0, 0.05) is 8.54 Å². The summed E-state index contributed by atoms with van der Waals surface area (Å²) in [6.45, 7) is 1.98. The molecule has 0 aliphatic heterocycles. The number of urea groups is 1. The van der Waals surface area contributed by atoms with Gasteiger partial charge in [-0.15, -0.1) is 0 Å². The van der Waals surface area contributed by atoms with Gasteiger partial charge in [0.05, 0.1) is 0 Å². The standard InChI is InChI=1S/C8H10N2O.2H2/c1-6-2-4-7(5-3-6)10-8(9)11;;/h2-5H,1H3,(H3,9,10,11);2*1H. The zero-order valence-electron chi connectivity index (χ0n) is 6.29. The summed E-state index contributed by atoms with van der Waals surface area (Å²) in [5.74, 6) is 0. The normalized spacial score (nSPS) is 9.18. The molecule has 1 aromatic rings. The molecule has 0 aliphatic carbocycles. The van der Waals surface area contributed by atoms with Crippen LogP contribution in [0.25, 0.3) is 0 Å². The first-order valence-electron chi connectivity index (χ1n) is 3.31. The van der Waals surface area contributed by atoms with E-state index in [2.05, 4.69) is 5.32 Å². The quantitative estimate of drug-likeness (QED) is 0.638. The highest BCUT2D eigenvalue weighted by molar-refractivity contribution is 5.87. The predicted molar refractivity (Wildman–Crippen MR) is 48.6 cm³/mol. The van der Waals surface area contributed by atoms with Crippen molar-refractivity contribution in [3.8, 4) is 0 Å². The summed E-state index contributed by atoms with van der Waals surface area (Å²) in [4.78, 5) is 10.4. The zero-order valence-corrected chi connectivity index (χ0v) is 6.29. The van der Waals surface area contributed by atoms with Crippen LogP contribution in [-0.2, 0) is 0 Å². The molecule has 0 aromatic heterocycles. The van der Waals surface area contributed by atoms with E-state index in [4.69, 9.17) is 5.73 Å². The predicted octanol–water partition coefficient (Wildman–Crippen LogP) is 1.98. The van der Waals surface area contributed by atoms with Gasteiger partial charge in [0.2, 0.25) is 0 Å². The van der Waals surface area contributed by atoms with Gasteiger partial charge in [-0.2, -0.15) is 0 Å². The maximum absolute atomic E-state index is 10.4. The Balaban J connectivity index is 0. The van der Waals surface area contributed by atoms with E-state index in [1.54, 1.807) is 12.1 Å². The second-order valence-electron chi connectivity index (χ2n) is 2.36. The number of benzene rings is 1. The Kier molecular flexibility index (Phi) is 2.11. The first-order chi connectivity index (χ1) is 5.18. The van der Waals surface area contributed by atoms with Gasteiger partial charge in [0.1, 0.15) is 0 Å². The minimum absolute atomic E-state index is 0. The molecule has 62 valence electrons. The number of nitrogens with one attached hydrogen (secondary N) is 1. The molecular formula is C8H14N2O.